The molecule has 1 N–H and O–H groups in total. The number of benzene rings is 3. The topological polar surface area (TPSA) is 112 Å². The summed E-state index contributed by atoms with van der Waals surface area (Å²) < 4.78 is 125. The van der Waals surface area contributed by atoms with Crippen LogP contribution in [0.3, 0.4) is 0 Å². The van der Waals surface area contributed by atoms with Crippen molar-refractivity contribution in [3.63, 3.8) is 0 Å². The van der Waals surface area contributed by atoms with Crippen molar-refractivity contribution in [2.75, 3.05) is 6.26 Å². The van der Waals surface area contributed by atoms with E-state index >= 15 is 4.39 Å². The van der Waals surface area contributed by atoms with E-state index in [0.717, 1.165) is 39.8 Å². The van der Waals surface area contributed by atoms with Gasteiger partial charge in [-0.25, -0.2) is 22.5 Å². The Bertz CT molecular complexity index is 2060. The van der Waals surface area contributed by atoms with Crippen molar-refractivity contribution >= 4 is 21.4 Å². The van der Waals surface area contributed by atoms with Gasteiger partial charge < -0.3 is 9.84 Å². The first kappa shape index (κ1) is 32.9. The van der Waals surface area contributed by atoms with Crippen molar-refractivity contribution in [3.8, 4) is 39.5 Å². The maximum Gasteiger partial charge on any atom is 0.573 e. The lowest BCUT2D eigenvalue weighted by molar-refractivity contribution is -0.274. The maximum absolute atomic E-state index is 15.0. The van der Waals surface area contributed by atoms with Gasteiger partial charge in [-0.1, -0.05) is 22.9 Å². The van der Waals surface area contributed by atoms with Gasteiger partial charge in [0.05, 0.1) is 34.8 Å². The summed E-state index contributed by atoms with van der Waals surface area (Å²) in [6.45, 7) is 0.357. The Balaban J connectivity index is 1.75. The molecule has 0 atom stereocenters. The minimum Gasteiger partial charge on any atom is -0.406 e. The lowest BCUT2D eigenvalue weighted by Gasteiger charge is -2.17. The molecule has 0 aliphatic rings. The highest BCUT2D eigenvalue weighted by molar-refractivity contribution is 7.90. The third-order valence-corrected chi connectivity index (χ3v) is 8.19. The Hall–Kier alpha value is -4.48. The van der Waals surface area contributed by atoms with Crippen LogP contribution < -0.4 is 4.74 Å². The fourth-order valence-corrected chi connectivity index (χ4v) is 6.04. The van der Waals surface area contributed by atoms with Gasteiger partial charge in [-0.05, 0) is 66.6 Å². The molecule has 0 bridgehead atoms. The van der Waals surface area contributed by atoms with Crippen LogP contribution in [0.2, 0.25) is 5.15 Å². The van der Waals surface area contributed by atoms with Crippen LogP contribution in [0, 0.1) is 12.7 Å². The van der Waals surface area contributed by atoms with Crippen LogP contribution in [0.1, 0.15) is 17.1 Å². The summed E-state index contributed by atoms with van der Waals surface area (Å²) >= 11 is 6.18. The molecule has 242 valence electrons. The minimum absolute atomic E-state index is 0.00992. The zero-order chi connectivity index (χ0) is 33.8. The fraction of sp³-hybridized carbons (Fsp3) is 0.179. The molecule has 5 aromatic rings. The van der Waals surface area contributed by atoms with E-state index in [4.69, 9.17) is 11.6 Å². The van der Waals surface area contributed by atoms with E-state index in [0.29, 0.717) is 0 Å². The Kier molecular flexibility index (Phi) is 8.37. The summed E-state index contributed by atoms with van der Waals surface area (Å²) in [5.74, 6) is -1.73. The molecule has 0 saturated heterocycles. The normalized spacial score (nSPS) is 12.5. The van der Waals surface area contributed by atoms with Crippen LogP contribution in [0.15, 0.2) is 65.7 Å². The Morgan fingerprint density at radius 3 is 2.15 bits per heavy atom. The number of hydrogen-bond acceptors (Lipinski definition) is 7. The molecule has 0 spiro atoms. The lowest BCUT2D eigenvalue weighted by Crippen LogP contribution is -2.16. The number of imidazole rings is 1. The maximum atomic E-state index is 15.0. The van der Waals surface area contributed by atoms with Crippen molar-refractivity contribution in [1.82, 2.24) is 24.5 Å². The quantitative estimate of drug-likeness (QED) is 0.189. The summed E-state index contributed by atoms with van der Waals surface area (Å²) in [5, 5.41) is 16.7. The van der Waals surface area contributed by atoms with Crippen LogP contribution in [0.5, 0.6) is 5.75 Å². The van der Waals surface area contributed by atoms with Gasteiger partial charge in [-0.15, -0.1) is 18.3 Å². The van der Waals surface area contributed by atoms with Gasteiger partial charge in [0.1, 0.15) is 22.5 Å². The first-order valence-corrected chi connectivity index (χ1v) is 15.0. The molecule has 46 heavy (non-hydrogen) atoms. The van der Waals surface area contributed by atoms with Gasteiger partial charge in [-0.3, -0.25) is 4.57 Å². The van der Waals surface area contributed by atoms with Gasteiger partial charge in [-0.2, -0.15) is 13.2 Å². The standard InChI is InChI=1S/C28H19ClF7N5O4S/c1-14-38-25(27(31,32)33)26(29)40(14)21-8-5-16(17-9-20(30)19(13-42)24(11-17)46(2,43)44)10-22(21)41-23(12-37-39-41)15-3-6-18(7-4-15)45-28(34,35)36/h3-12,42H,13H2,1-2H3. The highest BCUT2D eigenvalue weighted by Crippen LogP contribution is 2.39. The minimum atomic E-state index is -4.94. The average Bonchev–Trinajstić information content (AvgIpc) is 3.55. The molecular formula is C28H19ClF7N5O4S. The van der Waals surface area contributed by atoms with E-state index in [1.54, 1.807) is 0 Å². The van der Waals surface area contributed by atoms with E-state index in [1.165, 1.54) is 43.5 Å². The van der Waals surface area contributed by atoms with E-state index in [9.17, 15) is 39.9 Å². The van der Waals surface area contributed by atoms with Gasteiger partial charge in [0.2, 0.25) is 0 Å². The van der Waals surface area contributed by atoms with Gasteiger partial charge in [0, 0.05) is 17.4 Å². The highest BCUT2D eigenvalue weighted by Gasteiger charge is 2.39. The Morgan fingerprint density at radius 1 is 0.935 bits per heavy atom. The number of sulfone groups is 1. The number of rotatable bonds is 7. The second-order valence-corrected chi connectivity index (χ2v) is 12.1. The second-order valence-electron chi connectivity index (χ2n) is 9.80. The second kappa shape index (κ2) is 11.7. The van der Waals surface area contributed by atoms with Crippen molar-refractivity contribution in [2.45, 2.75) is 31.0 Å². The van der Waals surface area contributed by atoms with Gasteiger partial charge in [0.25, 0.3) is 0 Å². The summed E-state index contributed by atoms with van der Waals surface area (Å²) in [6.07, 6.45) is -7.80. The molecule has 0 amide bonds. The van der Waals surface area contributed by atoms with Gasteiger partial charge in [0.15, 0.2) is 15.5 Å². The van der Waals surface area contributed by atoms with Crippen LogP contribution >= 0.6 is 11.6 Å². The molecule has 0 aliphatic carbocycles. The predicted molar refractivity (Wildman–Crippen MR) is 150 cm³/mol. The first-order valence-electron chi connectivity index (χ1n) is 12.8. The smallest absolute Gasteiger partial charge is 0.406 e. The summed E-state index contributed by atoms with van der Waals surface area (Å²) in [4.78, 5) is 3.08. The summed E-state index contributed by atoms with van der Waals surface area (Å²) in [7, 11) is -4.03. The predicted octanol–water partition coefficient (Wildman–Crippen LogP) is 6.70. The monoisotopic (exact) mass is 689 g/mol. The highest BCUT2D eigenvalue weighted by atomic mass is 35.5. The summed E-state index contributed by atoms with van der Waals surface area (Å²) in [6, 6.07) is 10.7. The zero-order valence-corrected chi connectivity index (χ0v) is 24.9. The van der Waals surface area contributed by atoms with Crippen molar-refractivity contribution < 1.29 is 49.0 Å². The zero-order valence-electron chi connectivity index (χ0n) is 23.3. The SMILES string of the molecule is Cc1nc(C(F)(F)F)c(Cl)n1-c1ccc(-c2cc(F)c(CO)c(S(C)(=O)=O)c2)cc1-n1nncc1-c1ccc(OC(F)(F)F)cc1. The number of hydrogen-bond donors (Lipinski definition) is 1. The van der Waals surface area contributed by atoms with Crippen molar-refractivity contribution in [1.29, 1.82) is 0 Å². The molecule has 3 aromatic carbocycles. The molecule has 5 rings (SSSR count). The van der Waals surface area contributed by atoms with Crippen LogP contribution in [-0.2, 0) is 22.6 Å². The molecular weight excluding hydrogens is 671 g/mol. The number of ether oxygens (including phenoxy) is 1. The van der Waals surface area contributed by atoms with E-state index in [2.05, 4.69) is 20.0 Å². The van der Waals surface area contributed by atoms with Crippen molar-refractivity contribution in [3.05, 3.63) is 88.8 Å². The number of aliphatic hydroxyl groups is 1. The largest absolute Gasteiger partial charge is 0.573 e. The number of aliphatic hydroxyl groups excluding tert-OH is 1. The van der Waals surface area contributed by atoms with E-state index in [1.807, 2.05) is 0 Å². The number of halogens is 8. The van der Waals surface area contributed by atoms with Crippen molar-refractivity contribution in [2.24, 2.45) is 0 Å². The molecule has 0 aliphatic heterocycles. The van der Waals surface area contributed by atoms with Crippen LogP contribution in [-0.4, -0.2) is 50.7 Å². The summed E-state index contributed by atoms with van der Waals surface area (Å²) in [5.41, 5.74) is -1.27. The fourth-order valence-electron chi connectivity index (χ4n) is 4.73. The van der Waals surface area contributed by atoms with E-state index in [-0.39, 0.29) is 39.6 Å². The number of alkyl halides is 6. The first-order chi connectivity index (χ1) is 21.4. The Labute approximate surface area is 260 Å². The number of aromatic nitrogens is 5. The van der Waals surface area contributed by atoms with E-state index < -0.39 is 61.9 Å². The number of nitrogens with zero attached hydrogens (tertiary/aromatic N) is 5. The molecule has 9 nitrogen and oxygen atoms in total. The van der Waals surface area contributed by atoms with Gasteiger partial charge >= 0.3 is 12.5 Å². The number of aryl methyl sites for hydroxylation is 1. The Morgan fingerprint density at radius 2 is 1.59 bits per heavy atom. The molecule has 18 heteroatoms. The molecule has 0 radical (unpaired) electrons. The van der Waals surface area contributed by atoms with Crippen LogP contribution in [0.4, 0.5) is 30.7 Å². The van der Waals surface area contributed by atoms with Crippen LogP contribution in [0.25, 0.3) is 33.8 Å². The average molecular weight is 690 g/mol. The molecule has 0 unspecified atom stereocenters. The molecule has 0 saturated carbocycles. The third kappa shape index (κ3) is 6.43. The third-order valence-electron chi connectivity index (χ3n) is 6.68. The lowest BCUT2D eigenvalue weighted by atomic mass is 10.0. The molecule has 2 heterocycles. The molecule has 0 fully saturated rings. The molecule has 2 aromatic heterocycles.